The number of aryl methyl sites for hydroxylation is 1. The fourth-order valence-electron chi connectivity index (χ4n) is 4.06. The summed E-state index contributed by atoms with van der Waals surface area (Å²) in [5, 5.41) is 16.5. The lowest BCUT2D eigenvalue weighted by atomic mass is 9.87. The molecule has 2 aromatic carbocycles. The molecule has 192 valence electrons. The van der Waals surface area contributed by atoms with E-state index in [1.807, 2.05) is 0 Å². The van der Waals surface area contributed by atoms with Crippen LogP contribution in [0.2, 0.25) is 0 Å². The van der Waals surface area contributed by atoms with Gasteiger partial charge in [-0.1, -0.05) is 25.1 Å². The molecule has 0 radical (unpaired) electrons. The summed E-state index contributed by atoms with van der Waals surface area (Å²) >= 11 is 0. The average molecular weight is 513 g/mol. The summed E-state index contributed by atoms with van der Waals surface area (Å²) in [6, 6.07) is 13.4. The van der Waals surface area contributed by atoms with Gasteiger partial charge >= 0.3 is 6.18 Å². The molecule has 0 bridgehead atoms. The van der Waals surface area contributed by atoms with Crippen molar-refractivity contribution in [3.8, 4) is 0 Å². The first kappa shape index (κ1) is 26.0. The Bertz CT molecular complexity index is 1350. The monoisotopic (exact) mass is 512 g/mol. The van der Waals surface area contributed by atoms with Crippen LogP contribution in [-0.4, -0.2) is 34.1 Å². The third-order valence-electron chi connectivity index (χ3n) is 5.98. The number of rotatable bonds is 6. The molecule has 10 heteroatoms. The zero-order valence-corrected chi connectivity index (χ0v) is 20.0. The third-order valence-corrected chi connectivity index (χ3v) is 5.98. The fraction of sp³-hybridized carbons (Fsp3) is 0.222. The molecular formula is C27H24F4N4O2. The van der Waals surface area contributed by atoms with E-state index in [9.17, 15) is 27.5 Å². The molecule has 0 fully saturated rings. The quantitative estimate of drug-likeness (QED) is 0.281. The Hall–Kier alpha value is -4.05. The van der Waals surface area contributed by atoms with Crippen molar-refractivity contribution in [1.82, 2.24) is 4.98 Å². The second-order valence-electron chi connectivity index (χ2n) is 8.74. The molecule has 0 aliphatic carbocycles. The van der Waals surface area contributed by atoms with E-state index >= 15 is 0 Å². The summed E-state index contributed by atoms with van der Waals surface area (Å²) in [5.74, 6) is -1.84. The average Bonchev–Trinajstić information content (AvgIpc) is 2.86. The molecule has 6 nitrogen and oxygen atoms in total. The molecule has 2 atom stereocenters. The molecule has 1 aliphatic rings. The Kier molecular flexibility index (Phi) is 7.40. The molecular weight excluding hydrogens is 488 g/mol. The van der Waals surface area contributed by atoms with Gasteiger partial charge in [-0.15, -0.1) is 0 Å². The minimum atomic E-state index is -4.67. The van der Waals surface area contributed by atoms with Gasteiger partial charge in [0.1, 0.15) is 11.5 Å². The predicted molar refractivity (Wildman–Crippen MR) is 134 cm³/mol. The Morgan fingerprint density at radius 1 is 1.14 bits per heavy atom. The van der Waals surface area contributed by atoms with Crippen LogP contribution in [0.15, 0.2) is 77.7 Å². The van der Waals surface area contributed by atoms with E-state index in [0.717, 1.165) is 5.56 Å². The van der Waals surface area contributed by atoms with Crippen LogP contribution in [0, 0.1) is 18.7 Å². The number of amides is 1. The lowest BCUT2D eigenvalue weighted by molar-refractivity contribution is -0.0628. The van der Waals surface area contributed by atoms with Crippen molar-refractivity contribution in [3.05, 3.63) is 95.2 Å². The first-order valence-electron chi connectivity index (χ1n) is 11.4. The molecule has 4 rings (SSSR count). The van der Waals surface area contributed by atoms with Gasteiger partial charge < -0.3 is 15.7 Å². The van der Waals surface area contributed by atoms with Gasteiger partial charge in [-0.25, -0.2) is 9.38 Å². The van der Waals surface area contributed by atoms with Crippen LogP contribution >= 0.6 is 0 Å². The van der Waals surface area contributed by atoms with Crippen LogP contribution in [-0.2, 0) is 0 Å². The first-order valence-corrected chi connectivity index (χ1v) is 11.4. The Balaban J connectivity index is 1.66. The van der Waals surface area contributed by atoms with Crippen LogP contribution in [0.3, 0.4) is 0 Å². The van der Waals surface area contributed by atoms with E-state index < -0.39 is 35.8 Å². The van der Waals surface area contributed by atoms with Gasteiger partial charge in [0.15, 0.2) is 6.23 Å². The Labute approximate surface area is 210 Å². The Morgan fingerprint density at radius 2 is 1.86 bits per heavy atom. The zero-order valence-electron chi connectivity index (χ0n) is 20.0. The van der Waals surface area contributed by atoms with Gasteiger partial charge in [-0.3, -0.25) is 9.78 Å². The highest BCUT2D eigenvalue weighted by molar-refractivity contribution is 6.04. The summed E-state index contributed by atoms with van der Waals surface area (Å²) in [6.45, 7) is 3.18. The van der Waals surface area contributed by atoms with Gasteiger partial charge in [0, 0.05) is 29.7 Å². The lowest BCUT2D eigenvalue weighted by Crippen LogP contribution is -2.34. The number of aliphatic hydroxyl groups excluding tert-OH is 1. The molecule has 0 saturated carbocycles. The number of aromatic nitrogens is 1. The fourth-order valence-corrected chi connectivity index (χ4v) is 4.06. The number of aliphatic hydroxyl groups is 1. The molecule has 37 heavy (non-hydrogen) atoms. The highest BCUT2D eigenvalue weighted by atomic mass is 19.4. The van der Waals surface area contributed by atoms with Crippen molar-refractivity contribution in [2.75, 3.05) is 10.6 Å². The molecule has 2 heterocycles. The van der Waals surface area contributed by atoms with E-state index in [1.165, 1.54) is 37.4 Å². The predicted octanol–water partition coefficient (Wildman–Crippen LogP) is 5.97. The lowest BCUT2D eigenvalue weighted by Gasteiger charge is -2.28. The first-order chi connectivity index (χ1) is 17.5. The van der Waals surface area contributed by atoms with Crippen LogP contribution in [0.5, 0.6) is 0 Å². The van der Waals surface area contributed by atoms with Crippen molar-refractivity contribution in [3.63, 3.8) is 0 Å². The summed E-state index contributed by atoms with van der Waals surface area (Å²) in [5.41, 5.74) is 1.48. The summed E-state index contributed by atoms with van der Waals surface area (Å²) in [4.78, 5) is 20.3. The van der Waals surface area contributed by atoms with Crippen LogP contribution in [0.4, 0.5) is 28.9 Å². The number of hydrogen-bond acceptors (Lipinski definition) is 5. The van der Waals surface area contributed by atoms with Gasteiger partial charge in [0.05, 0.1) is 11.3 Å². The maximum atomic E-state index is 13.6. The second kappa shape index (κ2) is 10.5. The molecule has 1 aromatic heterocycles. The number of nitrogens with one attached hydrogen (secondary N) is 2. The topological polar surface area (TPSA) is 86.6 Å². The van der Waals surface area contributed by atoms with Gasteiger partial charge in [-0.05, 0) is 66.4 Å². The maximum Gasteiger partial charge on any atom is 0.429 e. The van der Waals surface area contributed by atoms with Crippen molar-refractivity contribution in [2.24, 2.45) is 10.9 Å². The summed E-state index contributed by atoms with van der Waals surface area (Å²) in [6.07, 6.45) is -3.37. The molecule has 0 spiro atoms. The third kappa shape index (κ3) is 6.03. The van der Waals surface area contributed by atoms with Crippen molar-refractivity contribution >= 4 is 28.6 Å². The van der Waals surface area contributed by atoms with Crippen molar-refractivity contribution in [2.45, 2.75) is 32.7 Å². The standard InChI is InChI=1S/C27H24F4N4O2/c1-15-5-10-20(13-22(15)34-25(36)18-4-3-11-32-14-18)33-26(37)23-21(17-6-8-19(28)9-7-17)12-16(2)24(35-23)27(29,30)31/h3-11,13-14,16,26,33,37H,12H2,1-2H3,(H,34,36). The van der Waals surface area contributed by atoms with E-state index in [0.29, 0.717) is 28.1 Å². The number of hydrogen-bond donors (Lipinski definition) is 3. The molecule has 0 saturated heterocycles. The smallest absolute Gasteiger partial charge is 0.368 e. The van der Waals surface area contributed by atoms with Crippen molar-refractivity contribution < 1.29 is 27.5 Å². The van der Waals surface area contributed by atoms with E-state index in [-0.39, 0.29) is 12.1 Å². The minimum Gasteiger partial charge on any atom is -0.368 e. The normalized spacial score (nSPS) is 16.7. The van der Waals surface area contributed by atoms with Crippen LogP contribution in [0.25, 0.3) is 5.57 Å². The number of alkyl halides is 3. The van der Waals surface area contributed by atoms with Gasteiger partial charge in [0.25, 0.3) is 5.91 Å². The number of nitrogens with zero attached hydrogens (tertiary/aromatic N) is 2. The van der Waals surface area contributed by atoms with Gasteiger partial charge in [0.2, 0.25) is 0 Å². The number of aliphatic imine (C=N–C) groups is 1. The molecule has 2 unspecified atom stereocenters. The molecule has 3 N–H and O–H groups in total. The van der Waals surface area contributed by atoms with Gasteiger partial charge in [-0.2, -0.15) is 13.2 Å². The maximum absolute atomic E-state index is 13.6. The number of benzene rings is 2. The SMILES string of the molecule is Cc1ccc(NC(O)C2=C(c3ccc(F)cc3)CC(C)C(C(F)(F)F)=N2)cc1NC(=O)c1cccnc1. The highest BCUT2D eigenvalue weighted by Crippen LogP contribution is 2.38. The summed E-state index contributed by atoms with van der Waals surface area (Å²) in [7, 11) is 0. The van der Waals surface area contributed by atoms with E-state index in [1.54, 1.807) is 43.5 Å². The van der Waals surface area contributed by atoms with Crippen LogP contribution in [0.1, 0.15) is 34.8 Å². The number of halogens is 4. The number of anilines is 2. The van der Waals surface area contributed by atoms with E-state index in [2.05, 4.69) is 20.6 Å². The largest absolute Gasteiger partial charge is 0.429 e. The Morgan fingerprint density at radius 3 is 2.51 bits per heavy atom. The van der Waals surface area contributed by atoms with Crippen LogP contribution < -0.4 is 10.6 Å². The number of pyridine rings is 1. The molecule has 1 amide bonds. The second-order valence-corrected chi connectivity index (χ2v) is 8.74. The zero-order chi connectivity index (χ0) is 26.7. The highest BCUT2D eigenvalue weighted by Gasteiger charge is 2.42. The molecule has 3 aromatic rings. The van der Waals surface area contributed by atoms with E-state index in [4.69, 9.17) is 0 Å². The summed E-state index contributed by atoms with van der Waals surface area (Å²) < 4.78 is 54.4. The van der Waals surface area contributed by atoms with Crippen molar-refractivity contribution in [1.29, 1.82) is 0 Å². The number of carbonyl (C=O) groups excluding carboxylic acids is 1. The minimum absolute atomic E-state index is 0.0433. The number of allylic oxidation sites excluding steroid dienone is 1. The number of carbonyl (C=O) groups is 1. The molecule has 1 aliphatic heterocycles.